The maximum atomic E-state index is 12.8. The van der Waals surface area contributed by atoms with E-state index in [1.807, 2.05) is 0 Å². The van der Waals surface area contributed by atoms with E-state index >= 15 is 0 Å². The van der Waals surface area contributed by atoms with Gasteiger partial charge in [0.15, 0.2) is 0 Å². The molecular weight excluding hydrogens is 730 g/mol. The number of aliphatic carboxylic acids is 2. The van der Waals surface area contributed by atoms with Crippen LogP contribution in [0.5, 0.6) is 11.5 Å². The monoisotopic (exact) mass is 757 g/mol. The minimum atomic E-state index is -5.44. The topological polar surface area (TPSA) is 303 Å². The third-order valence-electron chi connectivity index (χ3n) is 5.77. The molecule has 2 aromatic heterocycles. The van der Waals surface area contributed by atoms with E-state index in [1.165, 1.54) is 13.8 Å². The number of phosphoric ester groups is 2. The summed E-state index contributed by atoms with van der Waals surface area (Å²) in [6.07, 6.45) is 2.16. The molecule has 2 heterocycles. The number of carboxylic acid groups (broad SMARTS) is 2. The number of nitrogens with zero attached hydrogens (tertiary/aromatic N) is 4. The van der Waals surface area contributed by atoms with E-state index in [-0.39, 0.29) is 157 Å². The summed E-state index contributed by atoms with van der Waals surface area (Å²) in [6, 6.07) is 0. The van der Waals surface area contributed by atoms with Crippen LogP contribution in [-0.2, 0) is 71.1 Å². The molecule has 2 rings (SSSR count). The molecule has 0 fully saturated rings. The van der Waals surface area contributed by atoms with Crippen molar-refractivity contribution in [1.82, 2.24) is 19.8 Å². The predicted octanol–water partition coefficient (Wildman–Crippen LogP) is -14.9. The molecule has 0 aromatic carbocycles. The number of carboxylic acids is 2. The van der Waals surface area contributed by atoms with Crippen LogP contribution in [-0.4, -0.2) is 57.9 Å². The number of pyridine rings is 2. The molecule has 0 atom stereocenters. The van der Waals surface area contributed by atoms with Crippen molar-refractivity contribution in [3.05, 3.63) is 46.0 Å². The van der Waals surface area contributed by atoms with E-state index in [4.69, 9.17) is 0 Å². The van der Waals surface area contributed by atoms with Crippen LogP contribution >= 0.6 is 15.6 Å². The zero-order chi connectivity index (χ0) is 31.8. The first kappa shape index (κ1) is 50.9. The van der Waals surface area contributed by atoms with Gasteiger partial charge >= 0.3 is 110 Å². The smallest absolute Gasteiger partial charge is 0.871 e. The minimum Gasteiger partial charge on any atom is -0.871 e. The Kier molecular flexibility index (Phi) is 25.5. The van der Waals surface area contributed by atoms with Crippen LogP contribution in [0, 0.1) is 13.8 Å². The van der Waals surface area contributed by atoms with Gasteiger partial charge in [-0.05, 0) is 25.0 Å². The zero-order valence-corrected chi connectivity index (χ0v) is 34.6. The molecule has 0 bridgehead atoms. The van der Waals surface area contributed by atoms with Crippen molar-refractivity contribution in [1.29, 1.82) is 0 Å². The molecule has 0 saturated heterocycles. The molecule has 0 amide bonds. The Morgan fingerprint density at radius 2 is 1.04 bits per heavy atom. The van der Waals surface area contributed by atoms with Crippen molar-refractivity contribution < 1.29 is 178 Å². The molecule has 0 aliphatic heterocycles. The minimum absolute atomic E-state index is 0. The first-order valence-electron chi connectivity index (χ1n) is 11.8. The summed E-state index contributed by atoms with van der Waals surface area (Å²) < 4.78 is 30.3. The maximum Gasteiger partial charge on any atom is 2.00 e. The van der Waals surface area contributed by atoms with Gasteiger partial charge in [0, 0.05) is 74.2 Å². The molecule has 46 heavy (non-hydrogen) atoms. The van der Waals surface area contributed by atoms with Crippen LogP contribution in [0.4, 0.5) is 0 Å². The zero-order valence-electron chi connectivity index (χ0n) is 28.6. The van der Waals surface area contributed by atoms with Crippen molar-refractivity contribution in [3.8, 4) is 11.5 Å². The molecule has 0 spiro atoms. The van der Waals surface area contributed by atoms with E-state index in [9.17, 15) is 58.7 Å². The van der Waals surface area contributed by atoms with Gasteiger partial charge in [-0.1, -0.05) is 11.5 Å². The summed E-state index contributed by atoms with van der Waals surface area (Å²) in [5.41, 5.74) is -0.577. The normalized spacial score (nSPS) is 11.2. The Morgan fingerprint density at radius 3 is 1.30 bits per heavy atom. The fraction of sp³-hybridized carbons (Fsp3) is 0.455. The fourth-order valence-electron chi connectivity index (χ4n) is 3.77. The van der Waals surface area contributed by atoms with Crippen LogP contribution in [0.3, 0.4) is 0 Å². The second kappa shape index (κ2) is 23.1. The van der Waals surface area contributed by atoms with Crippen molar-refractivity contribution in [2.75, 3.05) is 26.2 Å². The van der Waals surface area contributed by atoms with E-state index in [0.717, 1.165) is 22.2 Å². The SMILES string of the molecule is Cc1ncc(COP(=O)([O-])[O-])c(CN(CCN(CC(=O)[O-])Cc2c(COP(=O)([O-])[O-])cnc(C)c2[O-])CC(=O)[O-])c1[O-].[H+].[H+].[H+].[Mn+2].[Na+].[Na+].[Na+]. The van der Waals surface area contributed by atoms with E-state index < -0.39 is 78.5 Å². The Balaban J connectivity index is -0.000000660. The third kappa shape index (κ3) is 18.5. The summed E-state index contributed by atoms with van der Waals surface area (Å²) >= 11 is 0. The molecular formula is C22H27MnN4Na3O14P2. The molecule has 0 aliphatic carbocycles. The molecule has 0 saturated carbocycles. The van der Waals surface area contributed by atoms with Gasteiger partial charge in [0.2, 0.25) is 0 Å². The van der Waals surface area contributed by atoms with Crippen LogP contribution < -0.4 is 129 Å². The number of aromatic nitrogens is 2. The van der Waals surface area contributed by atoms with Crippen LogP contribution in [0.1, 0.15) is 37.9 Å². The van der Waals surface area contributed by atoms with Crippen LogP contribution in [0.25, 0.3) is 0 Å². The summed E-state index contributed by atoms with van der Waals surface area (Å²) in [7, 11) is -10.9. The summed E-state index contributed by atoms with van der Waals surface area (Å²) in [4.78, 5) is 76.5. The Morgan fingerprint density at radius 1 is 0.739 bits per heavy atom. The number of rotatable bonds is 17. The van der Waals surface area contributed by atoms with Gasteiger partial charge in [-0.2, -0.15) is 0 Å². The van der Waals surface area contributed by atoms with Gasteiger partial charge in [0.05, 0.1) is 40.8 Å². The van der Waals surface area contributed by atoms with Crippen molar-refractivity contribution in [3.63, 3.8) is 0 Å². The van der Waals surface area contributed by atoms with Gasteiger partial charge in [0.25, 0.3) is 0 Å². The Bertz CT molecular complexity index is 1310. The van der Waals surface area contributed by atoms with Crippen LogP contribution in [0.15, 0.2) is 12.4 Å². The number of aryl methyl sites for hydroxylation is 2. The molecule has 24 heteroatoms. The predicted molar refractivity (Wildman–Crippen MR) is 126 cm³/mol. The summed E-state index contributed by atoms with van der Waals surface area (Å²) in [5.74, 6) is -4.57. The first-order valence-corrected chi connectivity index (χ1v) is 14.7. The van der Waals surface area contributed by atoms with Crippen molar-refractivity contribution in [2.24, 2.45) is 0 Å². The number of hydrogen-bond donors (Lipinski definition) is 0. The van der Waals surface area contributed by atoms with E-state index in [1.54, 1.807) is 0 Å². The largest absolute Gasteiger partial charge is 2.00 e. The molecule has 239 valence electrons. The quantitative estimate of drug-likeness (QED) is 0.107. The molecule has 2 aromatic rings. The second-order valence-electron chi connectivity index (χ2n) is 8.96. The van der Waals surface area contributed by atoms with Gasteiger partial charge in [-0.25, -0.2) is 0 Å². The van der Waals surface area contributed by atoms with Gasteiger partial charge in [-0.3, -0.25) is 19.8 Å². The van der Waals surface area contributed by atoms with E-state index in [0.29, 0.717) is 0 Å². The van der Waals surface area contributed by atoms with Gasteiger partial charge in [-0.15, -0.1) is 0 Å². The molecule has 0 N–H and O–H groups in total. The van der Waals surface area contributed by atoms with Crippen LogP contribution in [0.2, 0.25) is 0 Å². The Hall–Kier alpha value is 0.499. The van der Waals surface area contributed by atoms with Gasteiger partial charge in [0.1, 0.15) is 0 Å². The summed E-state index contributed by atoms with van der Waals surface area (Å²) in [6.45, 7) is -2.04. The number of carbonyl (C=O) groups excluding carboxylic acids is 2. The fourth-order valence-corrected chi connectivity index (χ4v) is 4.36. The Labute approximate surface area is 345 Å². The van der Waals surface area contributed by atoms with Crippen molar-refractivity contribution >= 4 is 27.6 Å². The average Bonchev–Trinajstić information content (AvgIpc) is 2.85. The van der Waals surface area contributed by atoms with E-state index in [2.05, 4.69) is 19.0 Å². The molecule has 18 nitrogen and oxygen atoms in total. The number of hydrogen-bond acceptors (Lipinski definition) is 18. The number of carbonyl (C=O) groups is 2. The van der Waals surface area contributed by atoms with Crippen molar-refractivity contribution in [2.45, 2.75) is 40.2 Å². The summed E-state index contributed by atoms with van der Waals surface area (Å²) in [5, 5.41) is 48.4. The third-order valence-corrected chi connectivity index (χ3v) is 6.66. The van der Waals surface area contributed by atoms with Gasteiger partial charge < -0.3 is 67.8 Å². The number of phosphoric acid groups is 2. The standard InChI is InChI=1S/C22H32N4O14P2.Mn.3Na/c1-13-21(31)17(15(5-23-13)11-39-41(33,34)35)7-25(9-19(27)28)3-4-26(10-20(29)30)8-18-16(12-40-42(36,37)38)6-24-14(2)22(18)32;;;;/h5-6,31-32H,3-4,7-12H2,1-2H3,(H,27,28)(H,29,30)(H2,33,34,35)(H2,36,37,38);;;;/q;+2;3*+1/p-5. The molecule has 0 unspecified atom stereocenters. The maximum absolute atomic E-state index is 12.8. The first-order chi connectivity index (χ1) is 19.4. The second-order valence-corrected chi connectivity index (χ2v) is 11.3. The average molecular weight is 757 g/mol. The molecule has 1 radical (unpaired) electrons. The molecule has 0 aliphatic rings.